The van der Waals surface area contributed by atoms with Crippen molar-refractivity contribution in [3.8, 4) is 0 Å². The second kappa shape index (κ2) is 7.18. The van der Waals surface area contributed by atoms with Gasteiger partial charge in [-0.2, -0.15) is 0 Å². The van der Waals surface area contributed by atoms with E-state index < -0.39 is 0 Å². The van der Waals surface area contributed by atoms with Crippen LogP contribution in [0.1, 0.15) is 41.0 Å². The van der Waals surface area contributed by atoms with Crippen molar-refractivity contribution in [3.05, 3.63) is 56.9 Å². The molecular formula is C20H20BrFN4O2. The summed E-state index contributed by atoms with van der Waals surface area (Å²) >= 11 is 3.25. The van der Waals surface area contributed by atoms with Crippen LogP contribution in [0.3, 0.4) is 0 Å². The van der Waals surface area contributed by atoms with Crippen LogP contribution in [0.25, 0.3) is 11.0 Å². The van der Waals surface area contributed by atoms with E-state index in [1.54, 1.807) is 23.1 Å². The molecule has 0 bridgehead atoms. The Morgan fingerprint density at radius 3 is 2.82 bits per heavy atom. The third-order valence-electron chi connectivity index (χ3n) is 4.98. The van der Waals surface area contributed by atoms with E-state index in [0.29, 0.717) is 40.3 Å². The fourth-order valence-electron chi connectivity index (χ4n) is 3.43. The minimum atomic E-state index is -0.353. The van der Waals surface area contributed by atoms with Crippen molar-refractivity contribution in [2.45, 2.75) is 39.6 Å². The monoisotopic (exact) mass is 446 g/mol. The van der Waals surface area contributed by atoms with Crippen molar-refractivity contribution in [1.82, 2.24) is 14.9 Å². The highest BCUT2D eigenvalue weighted by Gasteiger charge is 2.25. The Kier molecular flexibility index (Phi) is 4.84. The van der Waals surface area contributed by atoms with Gasteiger partial charge in [-0.1, -0.05) is 22.0 Å². The predicted molar refractivity (Wildman–Crippen MR) is 108 cm³/mol. The molecule has 0 radical (unpaired) electrons. The van der Waals surface area contributed by atoms with Gasteiger partial charge in [-0.15, -0.1) is 0 Å². The number of fused-ring (bicyclic) bond motifs is 3. The molecule has 3 N–H and O–H groups in total. The highest BCUT2D eigenvalue weighted by atomic mass is 79.9. The molecule has 0 atom stereocenters. The average Bonchev–Trinajstić information content (AvgIpc) is 3.27. The van der Waals surface area contributed by atoms with Gasteiger partial charge in [0.1, 0.15) is 17.3 Å². The van der Waals surface area contributed by atoms with E-state index in [-0.39, 0.29) is 24.3 Å². The number of hydrogen-bond acceptors (Lipinski definition) is 4. The number of H-pyrrole nitrogens is 1. The topological polar surface area (TPSA) is 84.2 Å². The zero-order chi connectivity index (χ0) is 20.0. The van der Waals surface area contributed by atoms with Gasteiger partial charge in [0.25, 0.3) is 5.91 Å². The van der Waals surface area contributed by atoms with Crippen molar-refractivity contribution in [3.63, 3.8) is 0 Å². The summed E-state index contributed by atoms with van der Waals surface area (Å²) in [5.41, 5.74) is 10.1. The SMILES string of the molecule is CC(C)N(Cc1ccc(Br)cc1F)C(=O)c1cc2nc(N)c3c(c2[nH]1)COC3. The first kappa shape index (κ1) is 18.9. The van der Waals surface area contributed by atoms with Gasteiger partial charge < -0.3 is 20.4 Å². The highest BCUT2D eigenvalue weighted by Crippen LogP contribution is 2.31. The van der Waals surface area contributed by atoms with E-state index in [2.05, 4.69) is 25.9 Å². The first-order valence-corrected chi connectivity index (χ1v) is 9.77. The van der Waals surface area contributed by atoms with Crippen LogP contribution in [-0.4, -0.2) is 26.8 Å². The first-order chi connectivity index (χ1) is 13.3. The van der Waals surface area contributed by atoms with E-state index in [1.807, 2.05) is 13.8 Å². The molecule has 28 heavy (non-hydrogen) atoms. The van der Waals surface area contributed by atoms with Crippen LogP contribution in [-0.2, 0) is 24.5 Å². The molecule has 0 aliphatic carbocycles. The fourth-order valence-corrected chi connectivity index (χ4v) is 3.77. The van der Waals surface area contributed by atoms with Crippen LogP contribution in [0, 0.1) is 5.82 Å². The van der Waals surface area contributed by atoms with Gasteiger partial charge in [0.15, 0.2) is 0 Å². The van der Waals surface area contributed by atoms with E-state index in [1.165, 1.54) is 6.07 Å². The van der Waals surface area contributed by atoms with Crippen molar-refractivity contribution in [2.24, 2.45) is 0 Å². The number of amides is 1. The van der Waals surface area contributed by atoms with E-state index in [9.17, 15) is 9.18 Å². The molecule has 0 saturated carbocycles. The van der Waals surface area contributed by atoms with Gasteiger partial charge in [0.2, 0.25) is 0 Å². The number of carbonyl (C=O) groups excluding carboxylic acids is 1. The molecule has 1 aromatic carbocycles. The van der Waals surface area contributed by atoms with Crippen LogP contribution >= 0.6 is 15.9 Å². The summed E-state index contributed by atoms with van der Waals surface area (Å²) < 4.78 is 20.4. The molecule has 146 valence electrons. The zero-order valence-electron chi connectivity index (χ0n) is 15.6. The third kappa shape index (κ3) is 3.27. The number of benzene rings is 1. The standard InChI is InChI=1S/C20H20BrFN4O2/c1-10(2)26(7-11-3-4-12(21)5-15(11)22)20(27)17-6-16-18(24-17)13-8-28-9-14(13)19(23)25-16/h3-6,10,24H,7-9H2,1-2H3,(H2,23,25). The highest BCUT2D eigenvalue weighted by molar-refractivity contribution is 9.10. The number of nitrogens with one attached hydrogen (secondary N) is 1. The molecule has 0 saturated heterocycles. The number of nitrogens with two attached hydrogens (primary N) is 1. The number of pyridine rings is 1. The molecule has 4 rings (SSSR count). The Balaban J connectivity index is 1.69. The molecule has 3 heterocycles. The second-order valence-corrected chi connectivity index (χ2v) is 8.07. The Labute approximate surface area is 170 Å². The maximum Gasteiger partial charge on any atom is 0.270 e. The molecule has 0 unspecified atom stereocenters. The van der Waals surface area contributed by atoms with E-state index in [4.69, 9.17) is 10.5 Å². The van der Waals surface area contributed by atoms with Gasteiger partial charge in [0, 0.05) is 33.7 Å². The van der Waals surface area contributed by atoms with Gasteiger partial charge in [-0.25, -0.2) is 9.37 Å². The number of anilines is 1. The number of aromatic amines is 1. The van der Waals surface area contributed by atoms with Crippen LogP contribution < -0.4 is 5.73 Å². The molecule has 0 fully saturated rings. The van der Waals surface area contributed by atoms with E-state index in [0.717, 1.165) is 16.6 Å². The van der Waals surface area contributed by atoms with Crippen molar-refractivity contribution in [2.75, 3.05) is 5.73 Å². The van der Waals surface area contributed by atoms with Gasteiger partial charge in [0.05, 0.1) is 24.2 Å². The lowest BCUT2D eigenvalue weighted by Crippen LogP contribution is -2.36. The summed E-state index contributed by atoms with van der Waals surface area (Å²) in [5, 5.41) is 0. The van der Waals surface area contributed by atoms with Gasteiger partial charge in [-0.05, 0) is 32.0 Å². The zero-order valence-corrected chi connectivity index (χ0v) is 17.1. The van der Waals surface area contributed by atoms with Crippen molar-refractivity contribution in [1.29, 1.82) is 0 Å². The second-order valence-electron chi connectivity index (χ2n) is 7.15. The maximum atomic E-state index is 14.3. The Hall–Kier alpha value is -2.45. The van der Waals surface area contributed by atoms with Gasteiger partial charge >= 0.3 is 0 Å². The molecule has 1 amide bonds. The summed E-state index contributed by atoms with van der Waals surface area (Å²) in [6, 6.07) is 6.42. The van der Waals surface area contributed by atoms with Crippen molar-refractivity contribution >= 4 is 38.7 Å². The number of halogens is 2. The minimum absolute atomic E-state index is 0.117. The van der Waals surface area contributed by atoms with Crippen LogP contribution in [0.2, 0.25) is 0 Å². The minimum Gasteiger partial charge on any atom is -0.383 e. The predicted octanol–water partition coefficient (Wildman–Crippen LogP) is 4.13. The number of aromatic nitrogens is 2. The number of nitrogen functional groups attached to an aromatic ring is 1. The summed E-state index contributed by atoms with van der Waals surface area (Å²) in [7, 11) is 0. The molecule has 3 aromatic rings. The third-order valence-corrected chi connectivity index (χ3v) is 5.47. The molecular weight excluding hydrogens is 427 g/mol. The molecule has 1 aliphatic heterocycles. The fraction of sp³-hybridized carbons (Fsp3) is 0.300. The van der Waals surface area contributed by atoms with Crippen LogP contribution in [0.4, 0.5) is 10.2 Å². The Morgan fingerprint density at radius 2 is 2.11 bits per heavy atom. The van der Waals surface area contributed by atoms with Crippen LogP contribution in [0.15, 0.2) is 28.7 Å². The molecule has 8 heteroatoms. The number of carbonyl (C=O) groups is 1. The smallest absolute Gasteiger partial charge is 0.270 e. The molecule has 0 spiro atoms. The number of ether oxygens (including phenoxy) is 1. The number of hydrogen-bond donors (Lipinski definition) is 2. The quantitative estimate of drug-likeness (QED) is 0.630. The normalized spacial score (nSPS) is 13.3. The lowest BCUT2D eigenvalue weighted by atomic mass is 10.1. The Morgan fingerprint density at radius 1 is 1.36 bits per heavy atom. The first-order valence-electron chi connectivity index (χ1n) is 8.97. The summed E-state index contributed by atoms with van der Waals surface area (Å²) in [5.74, 6) is -0.147. The van der Waals surface area contributed by atoms with Gasteiger partial charge in [-0.3, -0.25) is 4.79 Å². The summed E-state index contributed by atoms with van der Waals surface area (Å²) in [6.45, 7) is 4.83. The molecule has 2 aromatic heterocycles. The van der Waals surface area contributed by atoms with Crippen molar-refractivity contribution < 1.29 is 13.9 Å². The number of nitrogens with zero attached hydrogens (tertiary/aromatic N) is 2. The number of rotatable bonds is 4. The lowest BCUT2D eigenvalue weighted by molar-refractivity contribution is 0.0683. The Bertz CT molecular complexity index is 1080. The molecule has 6 nitrogen and oxygen atoms in total. The largest absolute Gasteiger partial charge is 0.383 e. The summed E-state index contributed by atoms with van der Waals surface area (Å²) in [6.07, 6.45) is 0. The van der Waals surface area contributed by atoms with E-state index >= 15 is 0 Å². The average molecular weight is 447 g/mol. The lowest BCUT2D eigenvalue weighted by Gasteiger charge is -2.26. The summed E-state index contributed by atoms with van der Waals surface area (Å²) in [4.78, 5) is 22.4. The maximum absolute atomic E-state index is 14.3. The molecule has 1 aliphatic rings. The van der Waals surface area contributed by atoms with Crippen LogP contribution in [0.5, 0.6) is 0 Å².